The van der Waals surface area contributed by atoms with Crippen LogP contribution in [0.5, 0.6) is 0 Å². The smallest absolute Gasteiger partial charge is 0.230 e. The lowest BCUT2D eigenvalue weighted by molar-refractivity contribution is 0.122. The fourth-order valence-electron chi connectivity index (χ4n) is 3.16. The van der Waals surface area contributed by atoms with Gasteiger partial charge >= 0.3 is 0 Å². The third kappa shape index (κ3) is 3.49. The van der Waals surface area contributed by atoms with Gasteiger partial charge in [0.25, 0.3) is 0 Å². The van der Waals surface area contributed by atoms with E-state index in [0.717, 1.165) is 17.6 Å². The van der Waals surface area contributed by atoms with Crippen LogP contribution in [0.1, 0.15) is 5.82 Å². The molecule has 3 aromatic heterocycles. The van der Waals surface area contributed by atoms with Crippen LogP contribution in [0.4, 0.5) is 16.3 Å². The van der Waals surface area contributed by atoms with E-state index in [1.54, 1.807) is 10.7 Å². The molecule has 0 radical (unpaired) electrons. The molecule has 0 atom stereocenters. The number of benzene rings is 1. The van der Waals surface area contributed by atoms with Crippen molar-refractivity contribution in [2.24, 2.45) is 0 Å². The van der Waals surface area contributed by atoms with Crippen molar-refractivity contribution in [3.8, 4) is 0 Å². The fraction of sp³-hybridized carbons (Fsp3) is 0.294. The van der Waals surface area contributed by atoms with Crippen LogP contribution in [0.25, 0.3) is 16.7 Å². The maximum Gasteiger partial charge on any atom is 0.230 e. The lowest BCUT2D eigenvalue weighted by Gasteiger charge is -2.27. The van der Waals surface area contributed by atoms with Crippen LogP contribution in [0.2, 0.25) is 5.02 Å². The van der Waals surface area contributed by atoms with Crippen molar-refractivity contribution < 1.29 is 9.13 Å². The Bertz CT molecular complexity index is 1170. The third-order valence-corrected chi connectivity index (χ3v) is 5.44. The number of fused-ring (bicyclic) bond motifs is 2. The summed E-state index contributed by atoms with van der Waals surface area (Å²) in [7, 11) is 0. The van der Waals surface area contributed by atoms with Gasteiger partial charge in [0.1, 0.15) is 11.6 Å². The molecule has 1 aliphatic rings. The Morgan fingerprint density at radius 2 is 2.07 bits per heavy atom. The van der Waals surface area contributed by atoms with Crippen molar-refractivity contribution >= 4 is 56.1 Å². The molecule has 9 nitrogen and oxygen atoms in total. The monoisotopic (exact) mass is 480 g/mol. The molecule has 0 spiro atoms. The lowest BCUT2D eigenvalue weighted by Crippen LogP contribution is -2.37. The number of anilines is 2. The fourth-order valence-corrected chi connectivity index (χ4v) is 3.67. The molecule has 1 saturated heterocycles. The van der Waals surface area contributed by atoms with E-state index >= 15 is 0 Å². The molecule has 2 N–H and O–H groups in total. The molecule has 5 rings (SSSR count). The minimum absolute atomic E-state index is 0.0394. The minimum Gasteiger partial charge on any atom is -0.378 e. The van der Waals surface area contributed by atoms with Gasteiger partial charge in [0.15, 0.2) is 5.65 Å². The van der Waals surface area contributed by atoms with Crippen molar-refractivity contribution in [3.05, 3.63) is 39.5 Å². The van der Waals surface area contributed by atoms with Gasteiger partial charge in [0.2, 0.25) is 11.9 Å². The Morgan fingerprint density at radius 3 is 2.90 bits per heavy atom. The van der Waals surface area contributed by atoms with E-state index in [2.05, 4.69) is 51.2 Å². The van der Waals surface area contributed by atoms with Crippen molar-refractivity contribution in [2.75, 3.05) is 36.5 Å². The van der Waals surface area contributed by atoms with Gasteiger partial charge in [-0.1, -0.05) is 11.6 Å². The van der Waals surface area contributed by atoms with Gasteiger partial charge in [0, 0.05) is 19.2 Å². The summed E-state index contributed by atoms with van der Waals surface area (Å²) in [6, 6.07) is 2.83. The van der Waals surface area contributed by atoms with Gasteiger partial charge < -0.3 is 19.9 Å². The summed E-state index contributed by atoms with van der Waals surface area (Å²) in [6.45, 7) is 3.04. The average Bonchev–Trinajstić information content (AvgIpc) is 3.30. The van der Waals surface area contributed by atoms with Gasteiger partial charge in [-0.3, -0.25) is 0 Å². The largest absolute Gasteiger partial charge is 0.378 e. The predicted molar refractivity (Wildman–Crippen MR) is 110 cm³/mol. The molecule has 0 unspecified atom stereocenters. The number of imidazole rings is 1. The highest BCUT2D eigenvalue weighted by Gasteiger charge is 2.19. The second-order valence-corrected chi connectivity index (χ2v) is 7.76. The number of ether oxygens (including phenoxy) is 1. The number of hydrogen-bond acceptors (Lipinski definition) is 7. The van der Waals surface area contributed by atoms with E-state index in [1.807, 2.05) is 0 Å². The van der Waals surface area contributed by atoms with E-state index in [0.29, 0.717) is 54.2 Å². The molecule has 0 aliphatic carbocycles. The zero-order chi connectivity index (χ0) is 20.0. The molecule has 1 aromatic carbocycles. The summed E-state index contributed by atoms with van der Waals surface area (Å²) in [5, 5.41) is 7.60. The van der Waals surface area contributed by atoms with Crippen LogP contribution in [0.3, 0.4) is 0 Å². The van der Waals surface area contributed by atoms with Crippen molar-refractivity contribution in [3.63, 3.8) is 0 Å². The Kier molecular flexibility index (Phi) is 4.72. The van der Waals surface area contributed by atoms with Gasteiger partial charge in [-0.05, 0) is 22.0 Å². The second kappa shape index (κ2) is 7.39. The molecule has 150 valence electrons. The maximum absolute atomic E-state index is 13.7. The van der Waals surface area contributed by atoms with E-state index in [4.69, 9.17) is 16.3 Å². The summed E-state index contributed by atoms with van der Waals surface area (Å²) >= 11 is 9.32. The molecular weight excluding hydrogens is 467 g/mol. The standard InChI is InChI=1S/C17H15BrClFN8O/c18-9-7-22-28-15(9)25-17(27-1-3-29-4-2-27)26-16(28)21-8-14-23-12-5-10(19)11(20)6-13(12)24-14/h5-7H,1-4,8H2,(H,23,24)(H,21,25,26). The van der Waals surface area contributed by atoms with E-state index in [9.17, 15) is 4.39 Å². The lowest BCUT2D eigenvalue weighted by atomic mass is 10.3. The van der Waals surface area contributed by atoms with Gasteiger partial charge in [-0.15, -0.1) is 0 Å². The molecule has 0 amide bonds. The van der Waals surface area contributed by atoms with Crippen LogP contribution >= 0.6 is 27.5 Å². The first-order valence-corrected chi connectivity index (χ1v) is 10.1. The molecular formula is C17H15BrClFN8O. The number of nitrogens with one attached hydrogen (secondary N) is 2. The summed E-state index contributed by atoms with van der Waals surface area (Å²) < 4.78 is 21.5. The maximum atomic E-state index is 13.7. The minimum atomic E-state index is -0.489. The topological polar surface area (TPSA) is 96.3 Å². The molecule has 4 aromatic rings. The number of hydrogen-bond donors (Lipinski definition) is 2. The van der Waals surface area contributed by atoms with E-state index in [1.165, 1.54) is 12.1 Å². The first kappa shape index (κ1) is 18.5. The highest BCUT2D eigenvalue weighted by Crippen LogP contribution is 2.24. The zero-order valence-electron chi connectivity index (χ0n) is 15.0. The first-order valence-electron chi connectivity index (χ1n) is 8.90. The third-order valence-electron chi connectivity index (χ3n) is 4.59. The van der Waals surface area contributed by atoms with Gasteiger partial charge in [-0.25, -0.2) is 9.37 Å². The highest BCUT2D eigenvalue weighted by atomic mass is 79.9. The van der Waals surface area contributed by atoms with Crippen LogP contribution < -0.4 is 10.2 Å². The number of nitrogens with zero attached hydrogens (tertiary/aromatic N) is 6. The molecule has 4 heterocycles. The number of aromatic nitrogens is 6. The molecule has 1 aliphatic heterocycles. The quantitative estimate of drug-likeness (QED) is 0.462. The Morgan fingerprint density at radius 1 is 1.24 bits per heavy atom. The summed E-state index contributed by atoms with van der Waals surface area (Å²) in [5.41, 5.74) is 1.83. The number of H-pyrrole nitrogens is 1. The van der Waals surface area contributed by atoms with Crippen LogP contribution in [0, 0.1) is 5.82 Å². The van der Waals surface area contributed by atoms with Crippen molar-refractivity contribution in [1.82, 2.24) is 29.5 Å². The Labute approximate surface area is 177 Å². The van der Waals surface area contributed by atoms with Crippen molar-refractivity contribution in [2.45, 2.75) is 6.54 Å². The second-order valence-electron chi connectivity index (χ2n) is 6.50. The highest BCUT2D eigenvalue weighted by molar-refractivity contribution is 9.10. The molecule has 29 heavy (non-hydrogen) atoms. The normalized spacial score (nSPS) is 14.8. The average molecular weight is 482 g/mol. The number of rotatable bonds is 4. The molecule has 0 bridgehead atoms. The van der Waals surface area contributed by atoms with Crippen LogP contribution in [0.15, 0.2) is 22.8 Å². The van der Waals surface area contributed by atoms with Crippen LogP contribution in [-0.2, 0) is 11.3 Å². The summed E-state index contributed by atoms with van der Waals surface area (Å²) in [4.78, 5) is 18.9. The molecule has 1 fully saturated rings. The van der Waals surface area contributed by atoms with E-state index < -0.39 is 5.82 Å². The molecule has 0 saturated carbocycles. The SMILES string of the molecule is Fc1cc2[nH]c(CNc3nc(N4CCOCC4)nc4c(Br)cnn34)nc2cc1Cl. The summed E-state index contributed by atoms with van der Waals surface area (Å²) in [5.74, 6) is 1.25. The van der Waals surface area contributed by atoms with Gasteiger partial charge in [0.05, 0.1) is 46.5 Å². The number of aromatic amines is 1. The Balaban J connectivity index is 1.46. The Hall–Kier alpha value is -2.50. The summed E-state index contributed by atoms with van der Waals surface area (Å²) in [6.07, 6.45) is 1.67. The van der Waals surface area contributed by atoms with E-state index in [-0.39, 0.29) is 5.02 Å². The zero-order valence-corrected chi connectivity index (χ0v) is 17.3. The van der Waals surface area contributed by atoms with Gasteiger partial charge in [-0.2, -0.15) is 19.6 Å². The number of halogens is 3. The van der Waals surface area contributed by atoms with Crippen molar-refractivity contribution in [1.29, 1.82) is 0 Å². The molecule has 12 heteroatoms. The number of morpholine rings is 1. The first-order chi connectivity index (χ1) is 14.1. The van der Waals surface area contributed by atoms with Crippen LogP contribution in [-0.4, -0.2) is 55.9 Å². The predicted octanol–water partition coefficient (Wildman–Crippen LogP) is 3.00.